The molecule has 0 spiro atoms. The van der Waals surface area contributed by atoms with Crippen LogP contribution in [-0.2, 0) is 16.6 Å². The summed E-state index contributed by atoms with van der Waals surface area (Å²) in [6, 6.07) is 13.6. The van der Waals surface area contributed by atoms with Crippen LogP contribution in [0.5, 0.6) is 5.88 Å². The van der Waals surface area contributed by atoms with Gasteiger partial charge in [0.05, 0.1) is 10.6 Å². The van der Waals surface area contributed by atoms with E-state index in [0.717, 1.165) is 53.5 Å². The summed E-state index contributed by atoms with van der Waals surface area (Å²) in [5.74, 6) is 0.806. The quantitative estimate of drug-likeness (QED) is 0.393. The van der Waals surface area contributed by atoms with Crippen LogP contribution in [0.3, 0.4) is 0 Å². The van der Waals surface area contributed by atoms with Crippen molar-refractivity contribution in [3.63, 3.8) is 0 Å². The molecule has 5 rings (SSSR count). The second-order valence-corrected chi connectivity index (χ2v) is 12.8. The first-order chi connectivity index (χ1) is 18.7. The third-order valence-electron chi connectivity index (χ3n) is 7.39. The topological polar surface area (TPSA) is 93.2 Å². The number of ether oxygens (including phenoxy) is 1. The molecule has 0 saturated carbocycles. The average molecular weight is 547 g/mol. The van der Waals surface area contributed by atoms with Crippen molar-refractivity contribution in [2.45, 2.75) is 77.3 Å². The van der Waals surface area contributed by atoms with Gasteiger partial charge in [-0.1, -0.05) is 44.2 Å². The number of hydrogen-bond acceptors (Lipinski definition) is 6. The fourth-order valence-corrected chi connectivity index (χ4v) is 6.54. The van der Waals surface area contributed by atoms with Crippen LogP contribution >= 0.6 is 0 Å². The highest BCUT2D eigenvalue weighted by Gasteiger charge is 2.23. The SMILES string of the molecule is Cc1cccc(C)c1-c1cc2nc(n1)NS(=O)(=O)c1cc(cc(C3=CCCCC3)c1)CN[C@H](CC(C)C)CO2. The first-order valence-electron chi connectivity index (χ1n) is 13.9. The average Bonchev–Trinajstić information content (AvgIpc) is 2.90. The molecule has 4 bridgehead atoms. The van der Waals surface area contributed by atoms with Gasteiger partial charge in [0.1, 0.15) is 6.61 Å². The van der Waals surface area contributed by atoms with Gasteiger partial charge in [0.25, 0.3) is 10.0 Å². The maximum Gasteiger partial charge on any atom is 0.264 e. The van der Waals surface area contributed by atoms with E-state index in [4.69, 9.17) is 4.74 Å². The van der Waals surface area contributed by atoms with E-state index in [9.17, 15) is 8.42 Å². The molecule has 3 aromatic rings. The lowest BCUT2D eigenvalue weighted by molar-refractivity contribution is 0.236. The van der Waals surface area contributed by atoms with Crippen molar-refractivity contribution in [3.05, 3.63) is 70.8 Å². The Balaban J connectivity index is 1.63. The van der Waals surface area contributed by atoms with Crippen LogP contribution in [-0.4, -0.2) is 31.0 Å². The van der Waals surface area contributed by atoms with Gasteiger partial charge in [-0.3, -0.25) is 0 Å². The van der Waals surface area contributed by atoms with Gasteiger partial charge in [-0.2, -0.15) is 4.98 Å². The van der Waals surface area contributed by atoms with Crippen LogP contribution in [0.2, 0.25) is 0 Å². The number of hydrogen-bond donors (Lipinski definition) is 2. The van der Waals surface area contributed by atoms with E-state index in [0.29, 0.717) is 30.6 Å². The molecular formula is C31H38N4O3S. The number of aryl methyl sites for hydroxylation is 2. The Morgan fingerprint density at radius 3 is 2.56 bits per heavy atom. The maximum absolute atomic E-state index is 13.7. The second kappa shape index (κ2) is 11.5. The summed E-state index contributed by atoms with van der Waals surface area (Å²) in [5, 5.41) is 3.62. The number of allylic oxidation sites excluding steroid dienone is 2. The molecule has 0 fully saturated rings. The molecule has 0 amide bonds. The van der Waals surface area contributed by atoms with Crippen LogP contribution in [0.15, 0.2) is 53.4 Å². The molecule has 2 aromatic carbocycles. The Hall–Kier alpha value is -3.23. The number of rotatable bonds is 4. The molecule has 2 aliphatic rings. The van der Waals surface area contributed by atoms with Crippen LogP contribution < -0.4 is 14.8 Å². The van der Waals surface area contributed by atoms with E-state index in [1.807, 2.05) is 32.0 Å². The molecule has 39 heavy (non-hydrogen) atoms. The normalized spacial score (nSPS) is 19.1. The highest BCUT2D eigenvalue weighted by Crippen LogP contribution is 2.32. The van der Waals surface area contributed by atoms with E-state index in [1.165, 1.54) is 12.0 Å². The number of fused-ring (bicyclic) bond motifs is 4. The van der Waals surface area contributed by atoms with Gasteiger partial charge in [-0.15, -0.1) is 0 Å². The summed E-state index contributed by atoms with van der Waals surface area (Å²) in [6.45, 7) is 9.37. The minimum Gasteiger partial charge on any atom is -0.476 e. The molecule has 1 aliphatic heterocycles. The lowest BCUT2D eigenvalue weighted by Gasteiger charge is -2.21. The molecule has 1 aromatic heterocycles. The van der Waals surface area contributed by atoms with Crippen molar-refractivity contribution in [2.24, 2.45) is 5.92 Å². The van der Waals surface area contributed by atoms with Crippen molar-refractivity contribution in [1.29, 1.82) is 0 Å². The molecule has 2 heterocycles. The summed E-state index contributed by atoms with van der Waals surface area (Å²) in [6.07, 6.45) is 7.42. The zero-order valence-corrected chi connectivity index (χ0v) is 24.1. The van der Waals surface area contributed by atoms with Gasteiger partial charge in [0.2, 0.25) is 11.8 Å². The minimum absolute atomic E-state index is 0.00148. The lowest BCUT2D eigenvalue weighted by atomic mass is 9.93. The van der Waals surface area contributed by atoms with Gasteiger partial charge < -0.3 is 10.1 Å². The molecule has 8 heteroatoms. The van der Waals surface area contributed by atoms with Crippen molar-refractivity contribution in [1.82, 2.24) is 15.3 Å². The van der Waals surface area contributed by atoms with Gasteiger partial charge in [0.15, 0.2) is 0 Å². The molecule has 7 nitrogen and oxygen atoms in total. The maximum atomic E-state index is 13.7. The largest absolute Gasteiger partial charge is 0.476 e. The summed E-state index contributed by atoms with van der Waals surface area (Å²) in [7, 11) is -3.96. The molecule has 206 valence electrons. The fraction of sp³-hybridized carbons (Fsp3) is 0.419. The Morgan fingerprint density at radius 1 is 1.05 bits per heavy atom. The third kappa shape index (κ3) is 6.50. The van der Waals surface area contributed by atoms with Crippen LogP contribution in [0.4, 0.5) is 5.95 Å². The van der Waals surface area contributed by atoms with Gasteiger partial charge in [0, 0.05) is 24.2 Å². The number of nitrogens with one attached hydrogen (secondary N) is 2. The van der Waals surface area contributed by atoms with Crippen LogP contribution in [0, 0.1) is 19.8 Å². The van der Waals surface area contributed by atoms with E-state index in [-0.39, 0.29) is 16.9 Å². The van der Waals surface area contributed by atoms with Crippen molar-refractivity contribution in [3.8, 4) is 17.1 Å². The predicted octanol–water partition coefficient (Wildman–Crippen LogP) is 6.42. The van der Waals surface area contributed by atoms with E-state index in [1.54, 1.807) is 18.2 Å². The minimum atomic E-state index is -3.96. The number of anilines is 1. The smallest absolute Gasteiger partial charge is 0.264 e. The molecule has 0 radical (unpaired) electrons. The van der Waals surface area contributed by atoms with Crippen molar-refractivity contribution < 1.29 is 13.2 Å². The number of benzene rings is 2. The van der Waals surface area contributed by atoms with Gasteiger partial charge >= 0.3 is 0 Å². The molecule has 0 saturated heterocycles. The van der Waals surface area contributed by atoms with E-state index >= 15 is 0 Å². The zero-order chi connectivity index (χ0) is 27.6. The lowest BCUT2D eigenvalue weighted by Crippen LogP contribution is -2.35. The molecular weight excluding hydrogens is 508 g/mol. The summed E-state index contributed by atoms with van der Waals surface area (Å²) >= 11 is 0. The molecule has 1 aliphatic carbocycles. The fourth-order valence-electron chi connectivity index (χ4n) is 5.50. The zero-order valence-electron chi connectivity index (χ0n) is 23.3. The number of nitrogens with zero attached hydrogens (tertiary/aromatic N) is 2. The van der Waals surface area contributed by atoms with E-state index < -0.39 is 10.0 Å². The number of aromatic nitrogens is 2. The highest BCUT2D eigenvalue weighted by atomic mass is 32.2. The Labute approximate surface area is 232 Å². The van der Waals surface area contributed by atoms with Crippen molar-refractivity contribution >= 4 is 21.5 Å². The third-order valence-corrected chi connectivity index (χ3v) is 8.69. The Morgan fingerprint density at radius 2 is 1.85 bits per heavy atom. The van der Waals surface area contributed by atoms with Gasteiger partial charge in [-0.25, -0.2) is 18.1 Å². The Kier molecular flexibility index (Phi) is 8.05. The monoisotopic (exact) mass is 546 g/mol. The first kappa shape index (κ1) is 27.3. The highest BCUT2D eigenvalue weighted by molar-refractivity contribution is 7.92. The molecule has 0 unspecified atom stereocenters. The predicted molar refractivity (Wildman–Crippen MR) is 156 cm³/mol. The Bertz CT molecular complexity index is 1480. The molecule has 1 atom stereocenters. The summed E-state index contributed by atoms with van der Waals surface area (Å²) < 4.78 is 36.3. The second-order valence-electron chi connectivity index (χ2n) is 11.1. The summed E-state index contributed by atoms with van der Waals surface area (Å²) in [5.41, 5.74) is 6.76. The van der Waals surface area contributed by atoms with Crippen LogP contribution in [0.1, 0.15) is 68.2 Å². The molecule has 2 N–H and O–H groups in total. The standard InChI is InChI=1S/C31H38N4O3S/c1-20(2)13-26-19-38-29-17-28(30-21(3)9-8-10-22(30)4)33-31(34-29)35-39(36,37)27-15-23(18-32-26)14-25(16-27)24-11-6-5-7-12-24/h8-11,14-17,20,26,32H,5-7,12-13,18-19H2,1-4H3,(H,33,34,35)/t26-/m1/s1. The van der Waals surface area contributed by atoms with Crippen molar-refractivity contribution in [2.75, 3.05) is 11.3 Å². The first-order valence-corrected chi connectivity index (χ1v) is 15.3. The number of sulfonamides is 1. The summed E-state index contributed by atoms with van der Waals surface area (Å²) in [4.78, 5) is 9.35. The van der Waals surface area contributed by atoms with Crippen LogP contribution in [0.25, 0.3) is 16.8 Å². The van der Waals surface area contributed by atoms with E-state index in [2.05, 4.69) is 46.0 Å². The van der Waals surface area contributed by atoms with Gasteiger partial charge in [-0.05, 0) is 91.8 Å².